The molecule has 140 valence electrons. The van der Waals surface area contributed by atoms with Crippen molar-refractivity contribution in [1.29, 1.82) is 0 Å². The second-order valence-corrected chi connectivity index (χ2v) is 7.34. The Bertz CT molecular complexity index is 928. The Morgan fingerprint density at radius 3 is 2.85 bits per heavy atom. The lowest BCUT2D eigenvalue weighted by atomic mass is 9.88. The number of amides is 1. The van der Waals surface area contributed by atoms with Crippen LogP contribution >= 0.6 is 0 Å². The summed E-state index contributed by atoms with van der Waals surface area (Å²) in [6.45, 7) is 6.80. The molecule has 2 aliphatic rings. The minimum atomic E-state index is -0.145. The number of aromatic nitrogens is 3. The number of hydrogen-bond acceptors (Lipinski definition) is 5. The van der Waals surface area contributed by atoms with Crippen LogP contribution in [0, 0.1) is 18.8 Å². The summed E-state index contributed by atoms with van der Waals surface area (Å²) in [6.07, 6.45) is 7.06. The molecular formula is C20H23N5O2. The van der Waals surface area contributed by atoms with Crippen LogP contribution in [0.1, 0.15) is 18.7 Å². The molecule has 1 amide bonds. The van der Waals surface area contributed by atoms with Crippen molar-refractivity contribution < 1.29 is 4.79 Å². The van der Waals surface area contributed by atoms with Crippen LogP contribution in [0.25, 0.3) is 11.3 Å². The van der Waals surface area contributed by atoms with Crippen molar-refractivity contribution in [1.82, 2.24) is 19.9 Å². The summed E-state index contributed by atoms with van der Waals surface area (Å²) >= 11 is 0. The first-order valence-corrected chi connectivity index (χ1v) is 9.26. The molecule has 4 rings (SSSR count). The Morgan fingerprint density at radius 1 is 1.41 bits per heavy atom. The molecule has 2 fully saturated rings. The summed E-state index contributed by atoms with van der Waals surface area (Å²) in [6, 6.07) is 3.87. The molecular weight excluding hydrogens is 342 g/mol. The largest absolute Gasteiger partial charge is 0.377 e. The maximum absolute atomic E-state index is 12.4. The van der Waals surface area contributed by atoms with E-state index in [9.17, 15) is 9.59 Å². The van der Waals surface area contributed by atoms with Gasteiger partial charge in [-0.05, 0) is 43.9 Å². The molecule has 2 N–H and O–H groups in total. The van der Waals surface area contributed by atoms with E-state index >= 15 is 0 Å². The number of likely N-dealkylation sites (tertiary alicyclic amines) is 1. The molecule has 3 heterocycles. The number of rotatable bonds is 6. The molecule has 1 unspecified atom stereocenters. The number of aromatic amines is 1. The number of carbonyl (C=O) groups excluding carboxylic acids is 1. The van der Waals surface area contributed by atoms with E-state index < -0.39 is 0 Å². The first kappa shape index (κ1) is 17.5. The second kappa shape index (κ2) is 6.98. The second-order valence-electron chi connectivity index (χ2n) is 7.34. The number of aryl methyl sites for hydroxylation is 1. The highest BCUT2D eigenvalue weighted by Gasteiger charge is 2.43. The Labute approximate surface area is 157 Å². The lowest BCUT2D eigenvalue weighted by Crippen LogP contribution is -2.56. The topological polar surface area (TPSA) is 91.0 Å². The molecule has 0 radical (unpaired) electrons. The fraction of sp³-hybridized carbons (Fsp3) is 0.400. The number of H-pyrrole nitrogens is 1. The molecule has 7 heteroatoms. The van der Waals surface area contributed by atoms with Crippen molar-refractivity contribution in [3.05, 3.63) is 53.4 Å². The lowest BCUT2D eigenvalue weighted by Gasteiger charge is -2.43. The van der Waals surface area contributed by atoms with E-state index in [1.54, 1.807) is 17.3 Å². The number of anilines is 1. The first-order chi connectivity index (χ1) is 13.0. The Hall–Kier alpha value is -2.96. The van der Waals surface area contributed by atoms with Crippen LogP contribution in [0.5, 0.6) is 0 Å². The zero-order chi connectivity index (χ0) is 19.0. The standard InChI is InChI=1S/C20H23N5O2/c1-3-18(26)25-10-15(11-25)19(13-4-5-13)24-17-8-14(9-22-20(17)27)16-6-7-21-12(2)23-16/h3,6-9,13,15,19,24H,1,4-5,10-11H2,2H3,(H,22,27). The van der Waals surface area contributed by atoms with Crippen molar-refractivity contribution in [2.24, 2.45) is 11.8 Å². The predicted octanol–water partition coefficient (Wildman–Crippen LogP) is 1.98. The minimum absolute atomic E-state index is 0.0280. The van der Waals surface area contributed by atoms with E-state index in [1.165, 1.54) is 6.08 Å². The third-order valence-electron chi connectivity index (χ3n) is 5.33. The summed E-state index contributed by atoms with van der Waals surface area (Å²) in [4.78, 5) is 37.2. The molecule has 0 spiro atoms. The molecule has 1 aliphatic heterocycles. The number of hydrogen-bond donors (Lipinski definition) is 2. The summed E-state index contributed by atoms with van der Waals surface area (Å²) < 4.78 is 0. The maximum Gasteiger partial charge on any atom is 0.271 e. The molecule has 2 aromatic heterocycles. The quantitative estimate of drug-likeness (QED) is 0.764. The van der Waals surface area contributed by atoms with Gasteiger partial charge >= 0.3 is 0 Å². The molecule has 0 bridgehead atoms. The van der Waals surface area contributed by atoms with E-state index in [2.05, 4.69) is 26.8 Å². The van der Waals surface area contributed by atoms with Gasteiger partial charge in [0.05, 0.1) is 5.69 Å². The van der Waals surface area contributed by atoms with E-state index in [0.717, 1.165) is 24.1 Å². The van der Waals surface area contributed by atoms with Gasteiger partial charge in [0, 0.05) is 43.0 Å². The van der Waals surface area contributed by atoms with Crippen LogP contribution in [0.4, 0.5) is 5.69 Å². The van der Waals surface area contributed by atoms with Crippen LogP contribution in [-0.2, 0) is 4.79 Å². The summed E-state index contributed by atoms with van der Waals surface area (Å²) in [5.41, 5.74) is 2.02. The smallest absolute Gasteiger partial charge is 0.271 e. The summed E-state index contributed by atoms with van der Waals surface area (Å²) in [5, 5.41) is 3.46. The molecule has 27 heavy (non-hydrogen) atoms. The van der Waals surface area contributed by atoms with Gasteiger partial charge in [-0.15, -0.1) is 0 Å². The third-order valence-corrected chi connectivity index (χ3v) is 5.33. The van der Waals surface area contributed by atoms with E-state index in [4.69, 9.17) is 0 Å². The Morgan fingerprint density at radius 2 is 2.19 bits per heavy atom. The zero-order valence-corrected chi connectivity index (χ0v) is 15.3. The van der Waals surface area contributed by atoms with Gasteiger partial charge in [-0.25, -0.2) is 9.97 Å². The van der Waals surface area contributed by atoms with E-state index in [-0.39, 0.29) is 17.5 Å². The maximum atomic E-state index is 12.4. The lowest BCUT2D eigenvalue weighted by molar-refractivity contribution is -0.132. The van der Waals surface area contributed by atoms with Crippen molar-refractivity contribution in [3.8, 4) is 11.3 Å². The zero-order valence-electron chi connectivity index (χ0n) is 15.3. The minimum Gasteiger partial charge on any atom is -0.377 e. The molecule has 0 aromatic carbocycles. The highest BCUT2D eigenvalue weighted by Crippen LogP contribution is 2.40. The van der Waals surface area contributed by atoms with Gasteiger partial charge in [0.15, 0.2) is 0 Å². The molecule has 1 atom stereocenters. The number of carbonyl (C=O) groups is 1. The fourth-order valence-corrected chi connectivity index (χ4v) is 3.66. The Kier molecular flexibility index (Phi) is 4.51. The van der Waals surface area contributed by atoms with Crippen molar-refractivity contribution in [2.45, 2.75) is 25.8 Å². The van der Waals surface area contributed by atoms with Gasteiger partial charge in [-0.2, -0.15) is 0 Å². The van der Waals surface area contributed by atoms with Crippen LogP contribution in [-0.4, -0.2) is 44.9 Å². The predicted molar refractivity (Wildman–Crippen MR) is 103 cm³/mol. The first-order valence-electron chi connectivity index (χ1n) is 9.26. The molecule has 1 saturated heterocycles. The van der Waals surface area contributed by atoms with Crippen LogP contribution in [0.2, 0.25) is 0 Å². The van der Waals surface area contributed by atoms with Crippen LogP contribution in [0.3, 0.4) is 0 Å². The van der Waals surface area contributed by atoms with E-state index in [1.807, 2.05) is 19.1 Å². The van der Waals surface area contributed by atoms with Gasteiger partial charge in [-0.1, -0.05) is 6.58 Å². The third kappa shape index (κ3) is 3.63. The number of pyridine rings is 1. The average Bonchev–Trinajstić information content (AvgIpc) is 3.46. The van der Waals surface area contributed by atoms with Gasteiger partial charge in [0.1, 0.15) is 11.5 Å². The molecule has 1 saturated carbocycles. The fourth-order valence-electron chi connectivity index (χ4n) is 3.66. The highest BCUT2D eigenvalue weighted by atomic mass is 16.2. The van der Waals surface area contributed by atoms with Crippen LogP contribution < -0.4 is 10.9 Å². The highest BCUT2D eigenvalue weighted by molar-refractivity contribution is 5.87. The molecule has 7 nitrogen and oxygen atoms in total. The van der Waals surface area contributed by atoms with Gasteiger partial charge in [0.2, 0.25) is 5.91 Å². The SMILES string of the molecule is C=CC(=O)N1CC(C(Nc2cc(-c3ccnc(C)n3)c[nH]c2=O)C2CC2)C1. The summed E-state index contributed by atoms with van der Waals surface area (Å²) in [5.74, 6) is 1.57. The number of nitrogens with one attached hydrogen (secondary N) is 2. The van der Waals surface area contributed by atoms with Crippen molar-refractivity contribution in [3.63, 3.8) is 0 Å². The van der Waals surface area contributed by atoms with Crippen LogP contribution in [0.15, 0.2) is 42.0 Å². The monoisotopic (exact) mass is 365 g/mol. The van der Waals surface area contributed by atoms with E-state index in [0.29, 0.717) is 36.4 Å². The van der Waals surface area contributed by atoms with Crippen molar-refractivity contribution in [2.75, 3.05) is 18.4 Å². The normalized spacial score (nSPS) is 17.9. The average molecular weight is 365 g/mol. The van der Waals surface area contributed by atoms with Crippen molar-refractivity contribution >= 4 is 11.6 Å². The summed E-state index contributed by atoms with van der Waals surface area (Å²) in [7, 11) is 0. The molecule has 1 aliphatic carbocycles. The molecule has 2 aromatic rings. The van der Waals surface area contributed by atoms with Gasteiger partial charge < -0.3 is 15.2 Å². The van der Waals surface area contributed by atoms with Gasteiger partial charge in [-0.3, -0.25) is 9.59 Å². The van der Waals surface area contributed by atoms with Gasteiger partial charge in [0.25, 0.3) is 5.56 Å². The number of nitrogens with zero attached hydrogens (tertiary/aromatic N) is 3. The Balaban J connectivity index is 1.54.